The van der Waals surface area contributed by atoms with Gasteiger partial charge >= 0.3 is 5.00 Å². The van der Waals surface area contributed by atoms with Crippen molar-refractivity contribution < 1.29 is 4.92 Å². The van der Waals surface area contributed by atoms with Gasteiger partial charge in [-0.05, 0) is 24.3 Å². The van der Waals surface area contributed by atoms with Crippen molar-refractivity contribution in [2.24, 2.45) is 11.7 Å². The molecule has 0 bridgehead atoms. The van der Waals surface area contributed by atoms with Crippen molar-refractivity contribution in [3.63, 3.8) is 0 Å². The average molecular weight is 198 g/mol. The number of rotatable bonds is 3. The van der Waals surface area contributed by atoms with Gasteiger partial charge in [-0.2, -0.15) is 0 Å². The molecular weight excluding hydrogens is 188 g/mol. The van der Waals surface area contributed by atoms with E-state index in [1.165, 1.54) is 0 Å². The van der Waals surface area contributed by atoms with Crippen LogP contribution >= 0.6 is 11.3 Å². The molecule has 1 aromatic heterocycles. The van der Waals surface area contributed by atoms with Gasteiger partial charge in [0.05, 0.1) is 4.92 Å². The Morgan fingerprint density at radius 3 is 2.85 bits per heavy atom. The molecule has 2 rings (SSSR count). The van der Waals surface area contributed by atoms with Gasteiger partial charge in [0.25, 0.3) is 0 Å². The molecule has 5 heteroatoms. The zero-order chi connectivity index (χ0) is 9.42. The molecule has 0 spiro atoms. The van der Waals surface area contributed by atoms with Gasteiger partial charge in [-0.1, -0.05) is 11.3 Å². The van der Waals surface area contributed by atoms with Crippen LogP contribution in [-0.4, -0.2) is 4.92 Å². The fourth-order valence-electron chi connectivity index (χ4n) is 1.34. The van der Waals surface area contributed by atoms with Crippen molar-refractivity contribution in [3.8, 4) is 0 Å². The summed E-state index contributed by atoms with van der Waals surface area (Å²) in [6, 6.07) is 1.60. The fraction of sp³-hybridized carbons (Fsp3) is 0.500. The van der Waals surface area contributed by atoms with E-state index in [9.17, 15) is 10.1 Å². The van der Waals surface area contributed by atoms with Crippen LogP contribution in [0.5, 0.6) is 0 Å². The van der Waals surface area contributed by atoms with E-state index in [0.29, 0.717) is 5.92 Å². The Hall–Kier alpha value is -0.940. The summed E-state index contributed by atoms with van der Waals surface area (Å²) in [5.74, 6) is 0.550. The van der Waals surface area contributed by atoms with E-state index in [4.69, 9.17) is 5.73 Å². The minimum Gasteiger partial charge on any atom is -0.324 e. The van der Waals surface area contributed by atoms with Gasteiger partial charge in [0, 0.05) is 17.5 Å². The Kier molecular flexibility index (Phi) is 2.05. The van der Waals surface area contributed by atoms with Gasteiger partial charge in [-0.3, -0.25) is 10.1 Å². The quantitative estimate of drug-likeness (QED) is 0.597. The smallest absolute Gasteiger partial charge is 0.324 e. The van der Waals surface area contributed by atoms with Crippen LogP contribution in [0.1, 0.15) is 24.4 Å². The standard InChI is InChI=1S/C8H10N2O2S/c9-8(5-1-2-5)6-3-7(10(11)12)13-4-6/h3-5,8H,1-2,9H2/t8-/m1/s1. The predicted molar refractivity (Wildman–Crippen MR) is 50.6 cm³/mol. The summed E-state index contributed by atoms with van der Waals surface area (Å²) in [5.41, 5.74) is 6.81. The maximum Gasteiger partial charge on any atom is 0.324 e. The highest BCUT2D eigenvalue weighted by Crippen LogP contribution is 2.41. The summed E-state index contributed by atoms with van der Waals surface area (Å²) in [6.45, 7) is 0. The molecule has 0 aromatic carbocycles. The van der Waals surface area contributed by atoms with E-state index in [1.54, 1.807) is 11.4 Å². The van der Waals surface area contributed by atoms with Crippen LogP contribution in [-0.2, 0) is 0 Å². The largest absolute Gasteiger partial charge is 0.324 e. The van der Waals surface area contributed by atoms with Gasteiger partial charge < -0.3 is 5.73 Å². The van der Waals surface area contributed by atoms with Crippen molar-refractivity contribution in [3.05, 3.63) is 27.1 Å². The minimum atomic E-state index is -0.367. The maximum atomic E-state index is 10.4. The van der Waals surface area contributed by atoms with Crippen molar-refractivity contribution in [2.75, 3.05) is 0 Å². The van der Waals surface area contributed by atoms with Crippen LogP contribution in [0, 0.1) is 16.0 Å². The molecule has 1 aromatic rings. The third-order valence-corrected chi connectivity index (χ3v) is 3.20. The Bertz CT molecular complexity index is 333. The van der Waals surface area contributed by atoms with Crippen LogP contribution in [0.15, 0.2) is 11.4 Å². The normalized spacial score (nSPS) is 18.5. The summed E-state index contributed by atoms with van der Waals surface area (Å²) < 4.78 is 0. The number of nitro groups is 1. The highest BCUT2D eigenvalue weighted by molar-refractivity contribution is 7.13. The van der Waals surface area contributed by atoms with Crippen molar-refractivity contribution >= 4 is 16.3 Å². The number of hydrogen-bond donors (Lipinski definition) is 1. The molecule has 1 aliphatic rings. The monoisotopic (exact) mass is 198 g/mol. The van der Waals surface area contributed by atoms with Gasteiger partial charge in [0.1, 0.15) is 0 Å². The zero-order valence-corrected chi connectivity index (χ0v) is 7.79. The van der Waals surface area contributed by atoms with Gasteiger partial charge in [-0.15, -0.1) is 0 Å². The Morgan fingerprint density at radius 1 is 1.69 bits per heavy atom. The summed E-state index contributed by atoms with van der Waals surface area (Å²) >= 11 is 1.15. The predicted octanol–water partition coefficient (Wildman–Crippen LogP) is 2.07. The van der Waals surface area contributed by atoms with Crippen molar-refractivity contribution in [2.45, 2.75) is 18.9 Å². The summed E-state index contributed by atoms with van der Waals surface area (Å²) in [5, 5.41) is 12.4. The van der Waals surface area contributed by atoms with Crippen LogP contribution in [0.4, 0.5) is 5.00 Å². The third-order valence-electron chi connectivity index (χ3n) is 2.30. The number of nitrogens with zero attached hydrogens (tertiary/aromatic N) is 1. The van der Waals surface area contributed by atoms with E-state index in [1.807, 2.05) is 0 Å². The molecular formula is C8H10N2O2S. The van der Waals surface area contributed by atoms with Crippen LogP contribution in [0.3, 0.4) is 0 Å². The van der Waals surface area contributed by atoms with E-state index >= 15 is 0 Å². The lowest BCUT2D eigenvalue weighted by molar-refractivity contribution is -0.380. The lowest BCUT2D eigenvalue weighted by Gasteiger charge is -2.05. The van der Waals surface area contributed by atoms with Gasteiger partial charge in [0.15, 0.2) is 0 Å². The summed E-state index contributed by atoms with van der Waals surface area (Å²) in [6.07, 6.45) is 2.32. The highest BCUT2D eigenvalue weighted by Gasteiger charge is 2.30. The first kappa shape index (κ1) is 8.65. The topological polar surface area (TPSA) is 69.2 Å². The number of thiophene rings is 1. The molecule has 70 valence electrons. The Labute approximate surface area is 79.5 Å². The Morgan fingerprint density at radius 2 is 2.38 bits per heavy atom. The fourth-order valence-corrected chi connectivity index (χ4v) is 2.11. The molecule has 1 aliphatic carbocycles. The molecule has 1 fully saturated rings. The average Bonchev–Trinajstić information content (AvgIpc) is 2.81. The van der Waals surface area contributed by atoms with E-state index in [2.05, 4.69) is 0 Å². The molecule has 2 N–H and O–H groups in total. The van der Waals surface area contributed by atoms with Crippen LogP contribution in [0.25, 0.3) is 0 Å². The first-order valence-electron chi connectivity index (χ1n) is 4.17. The SMILES string of the molecule is N[C@@H](c1csc([N+](=O)[O-])c1)C1CC1. The Balaban J connectivity index is 2.16. The minimum absolute atomic E-state index is 0.00458. The molecule has 0 radical (unpaired) electrons. The van der Waals surface area contributed by atoms with E-state index in [0.717, 1.165) is 29.7 Å². The summed E-state index contributed by atoms with van der Waals surface area (Å²) in [7, 11) is 0. The first-order chi connectivity index (χ1) is 6.18. The molecule has 1 heterocycles. The zero-order valence-electron chi connectivity index (χ0n) is 6.97. The molecule has 0 amide bonds. The van der Waals surface area contributed by atoms with Crippen LogP contribution < -0.4 is 5.73 Å². The van der Waals surface area contributed by atoms with Crippen molar-refractivity contribution in [1.29, 1.82) is 0 Å². The molecule has 0 saturated heterocycles. The second kappa shape index (κ2) is 3.08. The molecule has 0 aliphatic heterocycles. The molecule has 1 saturated carbocycles. The van der Waals surface area contributed by atoms with E-state index < -0.39 is 0 Å². The van der Waals surface area contributed by atoms with E-state index in [-0.39, 0.29) is 16.0 Å². The highest BCUT2D eigenvalue weighted by atomic mass is 32.1. The second-order valence-electron chi connectivity index (χ2n) is 3.34. The number of hydrogen-bond acceptors (Lipinski definition) is 4. The maximum absolute atomic E-state index is 10.4. The lowest BCUT2D eigenvalue weighted by Crippen LogP contribution is -2.10. The van der Waals surface area contributed by atoms with Gasteiger partial charge in [0.2, 0.25) is 0 Å². The second-order valence-corrected chi connectivity index (χ2v) is 4.23. The molecule has 1 atom stereocenters. The summed E-state index contributed by atoms with van der Waals surface area (Å²) in [4.78, 5) is 10.0. The molecule has 4 nitrogen and oxygen atoms in total. The lowest BCUT2D eigenvalue weighted by atomic mass is 10.1. The van der Waals surface area contributed by atoms with Crippen molar-refractivity contribution in [1.82, 2.24) is 0 Å². The molecule has 13 heavy (non-hydrogen) atoms. The molecule has 0 unspecified atom stereocenters. The first-order valence-corrected chi connectivity index (χ1v) is 5.05. The van der Waals surface area contributed by atoms with Gasteiger partial charge in [-0.25, -0.2) is 0 Å². The van der Waals surface area contributed by atoms with Crippen LogP contribution in [0.2, 0.25) is 0 Å². The third kappa shape index (κ3) is 1.71. The number of nitrogens with two attached hydrogens (primary N) is 1.